The van der Waals surface area contributed by atoms with Crippen LogP contribution < -0.4 is 5.73 Å². The molecule has 2 N–H and O–H groups in total. The monoisotopic (exact) mass is 445 g/mol. The average Bonchev–Trinajstić information content (AvgIpc) is 3.12. The number of allylic oxidation sites excluding steroid dienone is 4. The smallest absolute Gasteiger partial charge is 0.173 e. The maximum atomic E-state index is 15.9. The molecule has 0 spiro atoms. The summed E-state index contributed by atoms with van der Waals surface area (Å²) in [6.45, 7) is 6.33. The number of rotatable bonds is 3. The molecule has 0 saturated heterocycles. The number of benzene rings is 1. The van der Waals surface area contributed by atoms with Crippen LogP contribution >= 0.6 is 11.8 Å². The van der Waals surface area contributed by atoms with E-state index in [1.807, 2.05) is 40.9 Å². The van der Waals surface area contributed by atoms with Crippen molar-refractivity contribution in [3.8, 4) is 11.3 Å². The van der Waals surface area contributed by atoms with Crippen LogP contribution in [0.3, 0.4) is 0 Å². The van der Waals surface area contributed by atoms with Crippen molar-refractivity contribution in [1.29, 1.82) is 0 Å². The summed E-state index contributed by atoms with van der Waals surface area (Å²) in [6.07, 6.45) is 12.5. The molecule has 0 amide bonds. The molecule has 162 valence electrons. The van der Waals surface area contributed by atoms with Gasteiger partial charge in [0.15, 0.2) is 11.0 Å². The summed E-state index contributed by atoms with van der Waals surface area (Å²) in [4.78, 5) is 13.7. The van der Waals surface area contributed by atoms with Crippen molar-refractivity contribution in [2.24, 2.45) is 0 Å². The van der Waals surface area contributed by atoms with Crippen LogP contribution in [0.4, 0.5) is 10.2 Å². The van der Waals surface area contributed by atoms with E-state index in [0.717, 1.165) is 22.7 Å². The first-order valence-corrected chi connectivity index (χ1v) is 11.4. The van der Waals surface area contributed by atoms with E-state index in [9.17, 15) is 0 Å². The lowest BCUT2D eigenvalue weighted by atomic mass is 9.96. The molecule has 0 radical (unpaired) electrons. The molecule has 32 heavy (non-hydrogen) atoms. The van der Waals surface area contributed by atoms with Gasteiger partial charge in [-0.05, 0) is 18.6 Å². The van der Waals surface area contributed by atoms with Crippen LogP contribution in [-0.4, -0.2) is 24.1 Å². The van der Waals surface area contributed by atoms with Gasteiger partial charge in [-0.3, -0.25) is 4.40 Å². The topological polar surface area (TPSA) is 69.1 Å². The highest BCUT2D eigenvalue weighted by atomic mass is 32.2. The number of hydrogen-bond donors (Lipinski definition) is 1. The zero-order valence-corrected chi connectivity index (χ0v) is 19.0. The number of hydrogen-bond acceptors (Lipinski definition) is 5. The number of aromatic nitrogens is 4. The summed E-state index contributed by atoms with van der Waals surface area (Å²) in [5.41, 5.74) is 8.88. The van der Waals surface area contributed by atoms with Gasteiger partial charge < -0.3 is 5.73 Å². The van der Waals surface area contributed by atoms with E-state index in [1.165, 1.54) is 0 Å². The Morgan fingerprint density at radius 3 is 2.69 bits per heavy atom. The molecule has 0 fully saturated rings. The molecule has 0 aliphatic heterocycles. The largest absolute Gasteiger partial charge is 0.382 e. The van der Waals surface area contributed by atoms with E-state index < -0.39 is 5.82 Å². The van der Waals surface area contributed by atoms with Crippen LogP contribution in [0.1, 0.15) is 38.8 Å². The molecule has 1 aliphatic rings. The molecular weight excluding hydrogens is 421 g/mol. The summed E-state index contributed by atoms with van der Waals surface area (Å²) < 4.78 is 17.7. The Kier molecular flexibility index (Phi) is 5.01. The van der Waals surface area contributed by atoms with E-state index in [2.05, 4.69) is 37.9 Å². The van der Waals surface area contributed by atoms with E-state index in [-0.39, 0.29) is 10.7 Å². The molecule has 0 saturated carbocycles. The van der Waals surface area contributed by atoms with E-state index >= 15 is 4.39 Å². The van der Waals surface area contributed by atoms with Crippen molar-refractivity contribution in [3.05, 3.63) is 72.5 Å². The predicted octanol–water partition coefficient (Wildman–Crippen LogP) is 6.16. The second-order valence-electron chi connectivity index (χ2n) is 8.88. The van der Waals surface area contributed by atoms with Crippen molar-refractivity contribution in [2.45, 2.75) is 43.0 Å². The molecule has 1 aromatic carbocycles. The number of thioether (sulfide) groups is 1. The van der Waals surface area contributed by atoms with Crippen LogP contribution in [0.5, 0.6) is 0 Å². The van der Waals surface area contributed by atoms with Gasteiger partial charge in [0.1, 0.15) is 22.5 Å². The number of fused-ring (bicyclic) bond motifs is 2. The lowest BCUT2D eigenvalue weighted by Crippen LogP contribution is -2.08. The summed E-state index contributed by atoms with van der Waals surface area (Å²) in [6, 6.07) is 7.54. The Balaban J connectivity index is 1.70. The highest BCUT2D eigenvalue weighted by Crippen LogP contribution is 2.38. The van der Waals surface area contributed by atoms with Gasteiger partial charge >= 0.3 is 0 Å². The van der Waals surface area contributed by atoms with Gasteiger partial charge in [0.25, 0.3) is 0 Å². The lowest BCUT2D eigenvalue weighted by Gasteiger charge is -2.15. The minimum absolute atomic E-state index is 0.0725. The molecule has 1 atom stereocenters. The molecule has 3 heterocycles. The fourth-order valence-corrected chi connectivity index (χ4v) is 4.86. The maximum absolute atomic E-state index is 15.9. The fraction of sp³-hybridized carbons (Fsp3) is 0.240. The number of imidazole rings is 1. The van der Waals surface area contributed by atoms with E-state index in [4.69, 9.17) is 15.7 Å². The molecule has 4 aromatic rings. The van der Waals surface area contributed by atoms with Gasteiger partial charge in [0, 0.05) is 39.7 Å². The summed E-state index contributed by atoms with van der Waals surface area (Å²) >= 11 is 1.60. The predicted molar refractivity (Wildman–Crippen MR) is 129 cm³/mol. The zero-order chi connectivity index (χ0) is 22.5. The van der Waals surface area contributed by atoms with E-state index in [0.29, 0.717) is 28.1 Å². The van der Waals surface area contributed by atoms with Crippen molar-refractivity contribution in [3.63, 3.8) is 0 Å². The zero-order valence-electron chi connectivity index (χ0n) is 18.2. The number of nitrogens with zero attached hydrogens (tertiary/aromatic N) is 4. The van der Waals surface area contributed by atoms with Crippen LogP contribution in [0, 0.1) is 5.82 Å². The fourth-order valence-electron chi connectivity index (χ4n) is 3.93. The van der Waals surface area contributed by atoms with Crippen molar-refractivity contribution in [1.82, 2.24) is 19.4 Å². The highest BCUT2D eigenvalue weighted by molar-refractivity contribution is 8.00. The number of pyridine rings is 1. The summed E-state index contributed by atoms with van der Waals surface area (Å²) in [7, 11) is 0. The highest BCUT2D eigenvalue weighted by Gasteiger charge is 2.24. The van der Waals surface area contributed by atoms with Crippen molar-refractivity contribution >= 4 is 34.0 Å². The normalized spacial score (nSPS) is 16.3. The summed E-state index contributed by atoms with van der Waals surface area (Å²) in [5, 5.41) is 1.50. The first-order valence-electron chi connectivity index (χ1n) is 10.6. The second-order valence-corrected chi connectivity index (χ2v) is 10.7. The van der Waals surface area contributed by atoms with Crippen molar-refractivity contribution < 1.29 is 4.39 Å². The number of anilines is 1. The van der Waals surface area contributed by atoms with Crippen LogP contribution in [0.2, 0.25) is 0 Å². The van der Waals surface area contributed by atoms with Gasteiger partial charge in [0.05, 0.1) is 0 Å². The van der Waals surface area contributed by atoms with Crippen LogP contribution in [-0.2, 0) is 0 Å². The number of halogens is 1. The summed E-state index contributed by atoms with van der Waals surface area (Å²) in [5.74, 6) is 0.0712. The van der Waals surface area contributed by atoms with Gasteiger partial charge in [-0.25, -0.2) is 19.3 Å². The third kappa shape index (κ3) is 3.66. The molecule has 1 aliphatic carbocycles. The first kappa shape index (κ1) is 20.7. The molecule has 5 nitrogen and oxygen atoms in total. The molecular formula is C25H24FN5S. The quantitative estimate of drug-likeness (QED) is 0.383. The number of nitrogen functional groups attached to an aromatic ring is 1. The van der Waals surface area contributed by atoms with Gasteiger partial charge in [-0.15, -0.1) is 0 Å². The van der Waals surface area contributed by atoms with Gasteiger partial charge in [0.2, 0.25) is 0 Å². The van der Waals surface area contributed by atoms with Crippen molar-refractivity contribution in [2.75, 3.05) is 5.73 Å². The maximum Gasteiger partial charge on any atom is 0.173 e. The molecule has 3 aromatic heterocycles. The first-order chi connectivity index (χ1) is 15.3. The van der Waals surface area contributed by atoms with Gasteiger partial charge in [-0.1, -0.05) is 69.0 Å². The molecule has 1 unspecified atom stereocenters. The average molecular weight is 446 g/mol. The lowest BCUT2D eigenvalue weighted by molar-refractivity contribution is 0.638. The molecule has 0 bridgehead atoms. The Hall–Kier alpha value is -3.19. The Morgan fingerprint density at radius 1 is 1.12 bits per heavy atom. The SMILES string of the molecule is CC(C)(C)Sc1nc(-c2ccc3ccc(C4C=CC=CC4)nc3c2F)c2c(N)nccn12. The number of nitrogens with two attached hydrogens (primary N) is 1. The minimum Gasteiger partial charge on any atom is -0.382 e. The molecule has 7 heteroatoms. The second kappa shape index (κ2) is 7.74. The van der Waals surface area contributed by atoms with Crippen LogP contribution in [0.25, 0.3) is 27.7 Å². The minimum atomic E-state index is -0.393. The van der Waals surface area contributed by atoms with Crippen LogP contribution in [0.15, 0.2) is 66.1 Å². The van der Waals surface area contributed by atoms with Gasteiger partial charge in [-0.2, -0.15) is 0 Å². The van der Waals surface area contributed by atoms with E-state index in [1.54, 1.807) is 24.0 Å². The Labute approximate surface area is 190 Å². The third-order valence-corrected chi connectivity index (χ3v) is 6.47. The third-order valence-electron chi connectivity index (χ3n) is 5.39. The molecule has 5 rings (SSSR count). The Morgan fingerprint density at radius 2 is 1.94 bits per heavy atom. The Bertz CT molecular complexity index is 1400. The standard InChI is InChI=1S/C25H24FN5S/c1-25(2,3)32-24-30-21(22-23(27)28-13-14-31(22)24)17-11-9-16-10-12-18(29-20(16)19(17)26)15-7-5-4-6-8-15/h4-7,9-15H,8H2,1-3H3,(H2,27,28).